The first kappa shape index (κ1) is 12.2. The van der Waals surface area contributed by atoms with E-state index in [1.165, 1.54) is 6.34 Å². The summed E-state index contributed by atoms with van der Waals surface area (Å²) in [6.07, 6.45) is 1.26. The molecule has 0 aromatic heterocycles. The fourth-order valence-corrected chi connectivity index (χ4v) is 1.35. The van der Waals surface area contributed by atoms with Crippen LogP contribution in [0.5, 0.6) is 0 Å². The highest BCUT2D eigenvalue weighted by atomic mass is 16.5. The number of rotatable bonds is 5. The van der Waals surface area contributed by atoms with Crippen molar-refractivity contribution in [1.82, 2.24) is 0 Å². The van der Waals surface area contributed by atoms with Crippen LogP contribution in [0.25, 0.3) is 0 Å². The molecule has 0 unspecified atom stereocenters. The van der Waals surface area contributed by atoms with E-state index >= 15 is 0 Å². The number of anilines is 1. The van der Waals surface area contributed by atoms with Gasteiger partial charge in [-0.2, -0.15) is 0 Å². The summed E-state index contributed by atoms with van der Waals surface area (Å²) in [4.78, 5) is 13.2. The highest BCUT2D eigenvalue weighted by molar-refractivity contribution is 5.90. The zero-order valence-corrected chi connectivity index (χ0v) is 9.56. The molecule has 0 heterocycles. The Balaban J connectivity index is 2.82. The maximum Gasteiger partial charge on any atom is 0.338 e. The van der Waals surface area contributed by atoms with Gasteiger partial charge in [-0.3, -0.25) is 5.41 Å². The van der Waals surface area contributed by atoms with Crippen molar-refractivity contribution in [2.45, 2.75) is 13.8 Å². The molecule has 0 atom stereocenters. The van der Waals surface area contributed by atoms with Crippen LogP contribution in [0.1, 0.15) is 24.2 Å². The highest BCUT2D eigenvalue weighted by Crippen LogP contribution is 2.14. The van der Waals surface area contributed by atoms with Crippen molar-refractivity contribution >= 4 is 18.0 Å². The summed E-state index contributed by atoms with van der Waals surface area (Å²) in [5.41, 5.74) is 1.43. The molecule has 0 saturated heterocycles. The van der Waals surface area contributed by atoms with Crippen molar-refractivity contribution in [3.05, 3.63) is 29.8 Å². The second-order valence-electron chi connectivity index (χ2n) is 3.18. The Morgan fingerprint density at radius 3 is 2.44 bits per heavy atom. The summed E-state index contributed by atoms with van der Waals surface area (Å²) in [7, 11) is 0. The first-order valence-corrected chi connectivity index (χ1v) is 5.27. The molecule has 0 spiro atoms. The number of esters is 1. The molecular weight excluding hydrogens is 204 g/mol. The lowest BCUT2D eigenvalue weighted by molar-refractivity contribution is 0.0526. The molecule has 4 nitrogen and oxygen atoms in total. The van der Waals surface area contributed by atoms with Crippen LogP contribution in [0.15, 0.2) is 24.3 Å². The van der Waals surface area contributed by atoms with Gasteiger partial charge in [-0.25, -0.2) is 4.79 Å². The molecule has 0 saturated carbocycles. The molecule has 0 radical (unpaired) electrons. The molecule has 1 aromatic carbocycles. The molecule has 1 N–H and O–H groups in total. The van der Waals surface area contributed by atoms with Crippen molar-refractivity contribution in [3.63, 3.8) is 0 Å². The smallest absolute Gasteiger partial charge is 0.338 e. The Kier molecular flexibility index (Phi) is 4.51. The van der Waals surface area contributed by atoms with Crippen molar-refractivity contribution in [2.75, 3.05) is 18.1 Å². The third-order valence-corrected chi connectivity index (χ3v) is 2.21. The maximum atomic E-state index is 11.4. The molecule has 0 amide bonds. The average molecular weight is 220 g/mol. The SMILES string of the molecule is CCOC(=O)c1ccc(N(C=N)CC)cc1. The van der Waals surface area contributed by atoms with E-state index in [-0.39, 0.29) is 5.97 Å². The van der Waals surface area contributed by atoms with Crippen LogP contribution in [-0.4, -0.2) is 25.5 Å². The van der Waals surface area contributed by atoms with Gasteiger partial charge in [-0.15, -0.1) is 0 Å². The molecule has 0 aliphatic carbocycles. The molecular formula is C12H16N2O2. The van der Waals surface area contributed by atoms with Crippen LogP contribution >= 0.6 is 0 Å². The second kappa shape index (κ2) is 5.90. The number of nitrogens with zero attached hydrogens (tertiary/aromatic N) is 1. The van der Waals surface area contributed by atoms with Gasteiger partial charge in [0.2, 0.25) is 0 Å². The fourth-order valence-electron chi connectivity index (χ4n) is 1.35. The van der Waals surface area contributed by atoms with Gasteiger partial charge >= 0.3 is 5.97 Å². The minimum absolute atomic E-state index is 0.313. The Hall–Kier alpha value is -1.84. The van der Waals surface area contributed by atoms with E-state index in [9.17, 15) is 4.79 Å². The quantitative estimate of drug-likeness (QED) is 0.470. The molecule has 0 bridgehead atoms. The monoisotopic (exact) mass is 220 g/mol. The summed E-state index contributed by atoms with van der Waals surface area (Å²) >= 11 is 0. The number of nitrogens with one attached hydrogen (secondary N) is 1. The number of hydrogen-bond acceptors (Lipinski definition) is 3. The highest BCUT2D eigenvalue weighted by Gasteiger charge is 2.07. The van der Waals surface area contributed by atoms with Gasteiger partial charge in [0, 0.05) is 12.2 Å². The largest absolute Gasteiger partial charge is 0.462 e. The van der Waals surface area contributed by atoms with Gasteiger partial charge in [0.05, 0.1) is 18.5 Å². The summed E-state index contributed by atoms with van der Waals surface area (Å²) in [5, 5.41) is 7.21. The van der Waals surface area contributed by atoms with Gasteiger partial charge in [-0.05, 0) is 38.1 Å². The van der Waals surface area contributed by atoms with E-state index in [1.807, 2.05) is 6.92 Å². The standard InChI is InChI=1S/C12H16N2O2/c1-3-14(9-13)11-7-5-10(6-8-11)12(15)16-4-2/h5-9,13H,3-4H2,1-2H3. The summed E-state index contributed by atoms with van der Waals surface area (Å²) < 4.78 is 4.88. The van der Waals surface area contributed by atoms with Gasteiger partial charge in [-0.1, -0.05) is 0 Å². The van der Waals surface area contributed by atoms with Crippen LogP contribution < -0.4 is 4.90 Å². The van der Waals surface area contributed by atoms with E-state index in [0.717, 1.165) is 12.2 Å². The average Bonchev–Trinajstić information content (AvgIpc) is 2.32. The Morgan fingerprint density at radius 1 is 1.38 bits per heavy atom. The van der Waals surface area contributed by atoms with Crippen LogP contribution in [0.2, 0.25) is 0 Å². The lowest BCUT2D eigenvalue weighted by atomic mass is 10.2. The number of benzene rings is 1. The molecule has 86 valence electrons. The lowest BCUT2D eigenvalue weighted by Gasteiger charge is -2.16. The maximum absolute atomic E-state index is 11.4. The molecule has 1 rings (SSSR count). The topological polar surface area (TPSA) is 53.4 Å². The third-order valence-electron chi connectivity index (χ3n) is 2.21. The van der Waals surface area contributed by atoms with Gasteiger partial charge in [0.25, 0.3) is 0 Å². The molecule has 0 aliphatic rings. The number of hydrogen-bond donors (Lipinski definition) is 1. The predicted octanol–water partition coefficient (Wildman–Crippen LogP) is 2.30. The minimum atomic E-state index is -0.313. The van der Waals surface area contributed by atoms with Crippen molar-refractivity contribution in [3.8, 4) is 0 Å². The fraction of sp³-hybridized carbons (Fsp3) is 0.333. The molecule has 0 aliphatic heterocycles. The van der Waals surface area contributed by atoms with Crippen molar-refractivity contribution in [2.24, 2.45) is 0 Å². The molecule has 0 fully saturated rings. The molecule has 4 heteroatoms. The summed E-state index contributed by atoms with van der Waals surface area (Å²) in [6.45, 7) is 4.84. The number of carbonyl (C=O) groups is 1. The lowest BCUT2D eigenvalue weighted by Crippen LogP contribution is -2.19. The van der Waals surface area contributed by atoms with E-state index < -0.39 is 0 Å². The Labute approximate surface area is 95.3 Å². The van der Waals surface area contributed by atoms with E-state index in [4.69, 9.17) is 10.1 Å². The Morgan fingerprint density at radius 2 is 2.00 bits per heavy atom. The number of carbonyl (C=O) groups excluding carboxylic acids is 1. The van der Waals surface area contributed by atoms with E-state index in [0.29, 0.717) is 12.2 Å². The zero-order valence-electron chi connectivity index (χ0n) is 9.56. The summed E-state index contributed by atoms with van der Waals surface area (Å²) in [6, 6.07) is 7.03. The number of ether oxygens (including phenoxy) is 1. The third kappa shape index (κ3) is 2.82. The summed E-state index contributed by atoms with van der Waals surface area (Å²) in [5.74, 6) is -0.313. The van der Waals surface area contributed by atoms with E-state index in [1.54, 1.807) is 36.1 Å². The van der Waals surface area contributed by atoms with E-state index in [2.05, 4.69) is 0 Å². The minimum Gasteiger partial charge on any atom is -0.462 e. The Bertz CT molecular complexity index is 360. The first-order valence-electron chi connectivity index (χ1n) is 5.27. The molecule has 1 aromatic rings. The normalized spacial score (nSPS) is 9.62. The molecule has 16 heavy (non-hydrogen) atoms. The second-order valence-corrected chi connectivity index (χ2v) is 3.18. The van der Waals surface area contributed by atoms with Gasteiger partial charge in [0.1, 0.15) is 0 Å². The van der Waals surface area contributed by atoms with Crippen molar-refractivity contribution in [1.29, 1.82) is 5.41 Å². The van der Waals surface area contributed by atoms with Crippen LogP contribution in [-0.2, 0) is 4.74 Å². The van der Waals surface area contributed by atoms with Gasteiger partial charge < -0.3 is 9.64 Å². The first-order chi connectivity index (χ1) is 7.72. The van der Waals surface area contributed by atoms with Gasteiger partial charge in [0.15, 0.2) is 0 Å². The predicted molar refractivity (Wildman–Crippen MR) is 64.2 cm³/mol. The van der Waals surface area contributed by atoms with Crippen molar-refractivity contribution < 1.29 is 9.53 Å². The van der Waals surface area contributed by atoms with Crippen LogP contribution in [0, 0.1) is 5.41 Å². The zero-order chi connectivity index (χ0) is 12.0. The van der Waals surface area contributed by atoms with Crippen LogP contribution in [0.4, 0.5) is 5.69 Å². The van der Waals surface area contributed by atoms with Crippen LogP contribution in [0.3, 0.4) is 0 Å².